The predicted octanol–water partition coefficient (Wildman–Crippen LogP) is 5.81. The number of benzene rings is 1. The molecule has 10 nitrogen and oxygen atoms in total. The number of fused-ring (bicyclic) bond motifs is 1. The number of anilines is 1. The van der Waals surface area contributed by atoms with Crippen molar-refractivity contribution >= 4 is 22.6 Å². The molecule has 11 heteroatoms. The Bertz CT molecular complexity index is 1710. The lowest BCUT2D eigenvalue weighted by Crippen LogP contribution is -2.15. The van der Waals surface area contributed by atoms with E-state index in [1.54, 1.807) is 38.1 Å². The Labute approximate surface area is 222 Å². The van der Waals surface area contributed by atoms with Crippen molar-refractivity contribution in [3.63, 3.8) is 0 Å². The molecular formula is C28H23FN4O6. The molecule has 0 unspecified atom stereocenters. The highest BCUT2D eigenvalue weighted by Crippen LogP contribution is 2.37. The van der Waals surface area contributed by atoms with Gasteiger partial charge in [-0.25, -0.2) is 9.37 Å². The maximum atomic E-state index is 15.1. The van der Waals surface area contributed by atoms with Crippen LogP contribution in [0.15, 0.2) is 59.3 Å². The van der Waals surface area contributed by atoms with E-state index in [1.807, 2.05) is 0 Å². The molecule has 1 amide bonds. The Hall–Kier alpha value is -5.19. The third-order valence-corrected chi connectivity index (χ3v) is 5.96. The third-order valence-electron chi connectivity index (χ3n) is 5.96. The average Bonchev–Trinajstić information content (AvgIpc) is 3.43. The average molecular weight is 531 g/mol. The van der Waals surface area contributed by atoms with Gasteiger partial charge in [0.15, 0.2) is 23.1 Å². The second kappa shape index (κ2) is 10.3. The molecule has 4 aromatic heterocycles. The zero-order valence-electron chi connectivity index (χ0n) is 21.4. The second-order valence-corrected chi connectivity index (χ2v) is 8.44. The van der Waals surface area contributed by atoms with Gasteiger partial charge < -0.3 is 29.1 Å². The molecule has 0 radical (unpaired) electrons. The van der Waals surface area contributed by atoms with Crippen LogP contribution in [0, 0.1) is 19.7 Å². The molecule has 0 aliphatic heterocycles. The monoisotopic (exact) mass is 530 g/mol. The van der Waals surface area contributed by atoms with Gasteiger partial charge in [0.05, 0.1) is 43.0 Å². The number of carbonyl (C=O) groups excluding carboxylic acids is 1. The lowest BCUT2D eigenvalue weighted by atomic mass is 10.0. The predicted molar refractivity (Wildman–Crippen MR) is 140 cm³/mol. The Morgan fingerprint density at radius 3 is 2.51 bits per heavy atom. The highest BCUT2D eigenvalue weighted by molar-refractivity contribution is 6.08. The summed E-state index contributed by atoms with van der Waals surface area (Å²) < 4.78 is 36.8. The molecule has 2 N–H and O–H groups in total. The zero-order valence-corrected chi connectivity index (χ0v) is 21.4. The van der Waals surface area contributed by atoms with E-state index in [-0.39, 0.29) is 34.4 Å². The molecule has 39 heavy (non-hydrogen) atoms. The van der Waals surface area contributed by atoms with Crippen molar-refractivity contribution in [1.82, 2.24) is 15.0 Å². The molecule has 1 aromatic carbocycles. The van der Waals surface area contributed by atoms with Gasteiger partial charge >= 0.3 is 0 Å². The summed E-state index contributed by atoms with van der Waals surface area (Å²) in [6.45, 7) is 3.30. The van der Waals surface area contributed by atoms with E-state index >= 15 is 4.39 Å². The van der Waals surface area contributed by atoms with Crippen LogP contribution in [0.5, 0.6) is 28.9 Å². The summed E-state index contributed by atoms with van der Waals surface area (Å²) in [4.78, 5) is 26.1. The maximum Gasteiger partial charge on any atom is 0.261 e. The number of amides is 1. The third kappa shape index (κ3) is 4.77. The van der Waals surface area contributed by atoms with E-state index < -0.39 is 11.7 Å². The summed E-state index contributed by atoms with van der Waals surface area (Å²) in [7, 11) is 2.93. The van der Waals surface area contributed by atoms with Crippen molar-refractivity contribution in [2.45, 2.75) is 13.8 Å². The molecule has 0 atom stereocenters. The van der Waals surface area contributed by atoms with Crippen LogP contribution in [0.4, 0.5) is 10.1 Å². The number of halogens is 1. The van der Waals surface area contributed by atoms with E-state index in [0.717, 1.165) is 6.07 Å². The molecule has 198 valence electrons. The first-order valence-corrected chi connectivity index (χ1v) is 11.7. The second-order valence-electron chi connectivity index (χ2n) is 8.44. The van der Waals surface area contributed by atoms with E-state index in [0.29, 0.717) is 39.5 Å². The fourth-order valence-electron chi connectivity index (χ4n) is 4.18. The fourth-order valence-corrected chi connectivity index (χ4v) is 4.18. The van der Waals surface area contributed by atoms with Crippen LogP contribution >= 0.6 is 0 Å². The summed E-state index contributed by atoms with van der Waals surface area (Å²) in [5.74, 6) is -0.559. The van der Waals surface area contributed by atoms with Crippen molar-refractivity contribution in [2.75, 3.05) is 19.5 Å². The van der Waals surface area contributed by atoms with Gasteiger partial charge in [0.2, 0.25) is 0 Å². The first-order chi connectivity index (χ1) is 18.8. The van der Waals surface area contributed by atoms with Gasteiger partial charge in [-0.15, -0.1) is 0 Å². The van der Waals surface area contributed by atoms with Crippen molar-refractivity contribution in [1.29, 1.82) is 0 Å². The van der Waals surface area contributed by atoms with Gasteiger partial charge in [0.25, 0.3) is 11.8 Å². The maximum absolute atomic E-state index is 15.1. The first kappa shape index (κ1) is 25.5. The zero-order chi connectivity index (χ0) is 27.7. The number of rotatable bonds is 7. The normalized spacial score (nSPS) is 10.9. The van der Waals surface area contributed by atoms with Crippen molar-refractivity contribution in [2.24, 2.45) is 0 Å². The van der Waals surface area contributed by atoms with Gasteiger partial charge in [-0.2, -0.15) is 0 Å². The molecule has 5 aromatic rings. The van der Waals surface area contributed by atoms with Crippen LogP contribution < -0.4 is 19.5 Å². The molecule has 0 fully saturated rings. The van der Waals surface area contributed by atoms with E-state index in [4.69, 9.17) is 18.6 Å². The van der Waals surface area contributed by atoms with Crippen LogP contribution in [0.2, 0.25) is 0 Å². The Morgan fingerprint density at radius 1 is 1.00 bits per heavy atom. The van der Waals surface area contributed by atoms with Crippen molar-refractivity contribution in [3.05, 3.63) is 77.7 Å². The quantitative estimate of drug-likeness (QED) is 0.268. The highest BCUT2D eigenvalue weighted by Gasteiger charge is 2.24. The molecule has 5 rings (SSSR count). The summed E-state index contributed by atoms with van der Waals surface area (Å²) in [6, 6.07) is 10.4. The number of ether oxygens (including phenoxy) is 3. The van der Waals surface area contributed by atoms with Crippen LogP contribution in [-0.4, -0.2) is 40.2 Å². The van der Waals surface area contributed by atoms with E-state index in [2.05, 4.69) is 20.3 Å². The van der Waals surface area contributed by atoms with Crippen molar-refractivity contribution < 1.29 is 32.9 Å². The number of pyridine rings is 3. The van der Waals surface area contributed by atoms with Gasteiger partial charge in [-0.05, 0) is 38.1 Å². The minimum atomic E-state index is -0.738. The number of carbonyl (C=O) groups is 1. The topological polar surface area (TPSA) is 129 Å². The van der Waals surface area contributed by atoms with Gasteiger partial charge in [-0.1, -0.05) is 0 Å². The van der Waals surface area contributed by atoms with Gasteiger partial charge in [0.1, 0.15) is 22.6 Å². The first-order valence-electron chi connectivity index (χ1n) is 11.7. The standard InChI is InChI=1S/C28H23FN4O6/c1-14-23(20-6-5-11-38-20)26(34)24(15(2)31-14)27(35)32-16-7-8-19(17(29)12-16)39-21-9-10-30-18-13-22(36-3)28(37-4)33-25(18)21/h5-13H,1-4H3,(H,31,34)(H,32,35). The van der Waals surface area contributed by atoms with E-state index in [1.165, 1.54) is 38.8 Å². The van der Waals surface area contributed by atoms with Crippen LogP contribution in [-0.2, 0) is 0 Å². The van der Waals surface area contributed by atoms with Gasteiger partial charge in [-0.3, -0.25) is 14.8 Å². The summed E-state index contributed by atoms with van der Waals surface area (Å²) in [5.41, 5.74) is 2.01. The number of aromatic nitrogens is 3. The number of nitrogens with one attached hydrogen (secondary N) is 1. The minimum absolute atomic E-state index is 0.0496. The number of hydrogen-bond donors (Lipinski definition) is 2. The molecule has 0 saturated carbocycles. The largest absolute Gasteiger partial charge is 0.506 e. The molecular weight excluding hydrogens is 507 g/mol. The molecule has 4 heterocycles. The minimum Gasteiger partial charge on any atom is -0.506 e. The summed E-state index contributed by atoms with van der Waals surface area (Å²) in [6.07, 6.45) is 2.96. The number of aromatic hydroxyl groups is 1. The molecule has 0 saturated heterocycles. The molecule has 0 spiro atoms. The number of aryl methyl sites for hydroxylation is 2. The van der Waals surface area contributed by atoms with Crippen LogP contribution in [0.1, 0.15) is 21.7 Å². The smallest absolute Gasteiger partial charge is 0.261 e. The number of methoxy groups -OCH3 is 2. The summed E-state index contributed by atoms with van der Waals surface area (Å²) >= 11 is 0. The summed E-state index contributed by atoms with van der Waals surface area (Å²) in [5, 5.41) is 13.5. The van der Waals surface area contributed by atoms with Crippen LogP contribution in [0.25, 0.3) is 22.4 Å². The number of furan rings is 1. The Balaban J connectivity index is 1.42. The molecule has 0 aliphatic carbocycles. The number of nitrogens with zero attached hydrogens (tertiary/aromatic N) is 3. The highest BCUT2D eigenvalue weighted by atomic mass is 19.1. The lowest BCUT2D eigenvalue weighted by Gasteiger charge is -2.14. The molecule has 0 aliphatic rings. The fraction of sp³-hybridized carbons (Fsp3) is 0.143. The SMILES string of the molecule is COc1cc2nccc(Oc3ccc(NC(=O)c4c(C)nc(C)c(-c5ccco5)c4O)cc3F)c2nc1OC. The number of hydrogen-bond acceptors (Lipinski definition) is 9. The lowest BCUT2D eigenvalue weighted by molar-refractivity contribution is 0.102. The van der Waals surface area contributed by atoms with Crippen LogP contribution in [0.3, 0.4) is 0 Å². The Morgan fingerprint density at radius 2 is 1.82 bits per heavy atom. The van der Waals surface area contributed by atoms with E-state index in [9.17, 15) is 9.90 Å². The molecule has 0 bridgehead atoms. The Kier molecular flexibility index (Phi) is 6.72. The van der Waals surface area contributed by atoms with Crippen molar-refractivity contribution in [3.8, 4) is 40.2 Å². The van der Waals surface area contributed by atoms with Gasteiger partial charge in [0, 0.05) is 30.1 Å².